The molecule has 1 fully saturated rings. The van der Waals surface area contributed by atoms with E-state index in [-0.39, 0.29) is 18.2 Å². The first-order valence-corrected chi connectivity index (χ1v) is 6.86. The summed E-state index contributed by atoms with van der Waals surface area (Å²) < 4.78 is 5.55. The van der Waals surface area contributed by atoms with Crippen molar-refractivity contribution in [1.29, 1.82) is 0 Å². The van der Waals surface area contributed by atoms with Crippen molar-refractivity contribution in [2.45, 2.75) is 45.4 Å². The number of urea groups is 1. The molecule has 0 bridgehead atoms. The van der Waals surface area contributed by atoms with Gasteiger partial charge in [0.2, 0.25) is 0 Å². The highest BCUT2D eigenvalue weighted by molar-refractivity contribution is 5.74. The number of hydrogen-bond acceptors (Lipinski definition) is 2. The molecule has 4 heteroatoms. The number of amides is 2. The first-order valence-electron chi connectivity index (χ1n) is 6.86. The Bertz CT molecular complexity index is 411. The lowest BCUT2D eigenvalue weighted by Crippen LogP contribution is -2.45. The van der Waals surface area contributed by atoms with Crippen molar-refractivity contribution in [3.63, 3.8) is 0 Å². The molecule has 1 aliphatic heterocycles. The predicted octanol–water partition coefficient (Wildman–Crippen LogP) is 2.36. The minimum atomic E-state index is -0.136. The van der Waals surface area contributed by atoms with E-state index in [1.165, 1.54) is 5.56 Å². The van der Waals surface area contributed by atoms with E-state index in [2.05, 4.69) is 10.6 Å². The van der Waals surface area contributed by atoms with Gasteiger partial charge in [-0.2, -0.15) is 0 Å². The summed E-state index contributed by atoms with van der Waals surface area (Å²) in [6.45, 7) is 5.39. The first-order chi connectivity index (χ1) is 9.15. The third kappa shape index (κ3) is 4.24. The number of carbonyl (C=O) groups excluding carboxylic acids is 1. The van der Waals surface area contributed by atoms with Crippen LogP contribution in [0.5, 0.6) is 0 Å². The van der Waals surface area contributed by atoms with Crippen molar-refractivity contribution in [2.24, 2.45) is 0 Å². The zero-order valence-corrected chi connectivity index (χ0v) is 11.6. The maximum Gasteiger partial charge on any atom is 0.315 e. The Labute approximate surface area is 114 Å². The topological polar surface area (TPSA) is 50.4 Å². The second-order valence-electron chi connectivity index (χ2n) is 5.15. The fourth-order valence-corrected chi connectivity index (χ4v) is 2.24. The SMILES string of the molecule is Cc1ccc(CNC(=O)N[C@H](C)[C@H]2CCCO2)cc1. The van der Waals surface area contributed by atoms with Gasteiger partial charge in [0, 0.05) is 13.2 Å². The number of nitrogens with one attached hydrogen (secondary N) is 2. The van der Waals surface area contributed by atoms with E-state index in [4.69, 9.17) is 4.74 Å². The Kier molecular flexibility index (Phi) is 4.80. The fraction of sp³-hybridized carbons (Fsp3) is 0.533. The molecule has 1 heterocycles. The smallest absolute Gasteiger partial charge is 0.315 e. The van der Waals surface area contributed by atoms with E-state index >= 15 is 0 Å². The molecular formula is C15H22N2O2. The first kappa shape index (κ1) is 13.9. The number of aryl methyl sites for hydroxylation is 1. The molecule has 1 aliphatic rings. The summed E-state index contributed by atoms with van der Waals surface area (Å²) in [7, 11) is 0. The van der Waals surface area contributed by atoms with E-state index in [1.54, 1.807) is 0 Å². The van der Waals surface area contributed by atoms with Crippen LogP contribution in [-0.2, 0) is 11.3 Å². The Morgan fingerprint density at radius 1 is 1.42 bits per heavy atom. The minimum Gasteiger partial charge on any atom is -0.376 e. The number of hydrogen-bond donors (Lipinski definition) is 2. The normalized spacial score (nSPS) is 20.0. The maximum absolute atomic E-state index is 11.8. The molecule has 0 aliphatic carbocycles. The van der Waals surface area contributed by atoms with Gasteiger partial charge in [-0.05, 0) is 32.3 Å². The fourth-order valence-electron chi connectivity index (χ4n) is 2.24. The second kappa shape index (κ2) is 6.57. The molecule has 1 aromatic rings. The highest BCUT2D eigenvalue weighted by Gasteiger charge is 2.23. The second-order valence-corrected chi connectivity index (χ2v) is 5.15. The summed E-state index contributed by atoms with van der Waals surface area (Å²) in [6, 6.07) is 8.07. The Balaban J connectivity index is 1.73. The third-order valence-electron chi connectivity index (χ3n) is 3.46. The Morgan fingerprint density at radius 2 is 2.16 bits per heavy atom. The van der Waals surface area contributed by atoms with Crippen LogP contribution >= 0.6 is 0 Å². The van der Waals surface area contributed by atoms with Crippen LogP contribution in [-0.4, -0.2) is 24.8 Å². The predicted molar refractivity (Wildman–Crippen MR) is 75.0 cm³/mol. The average molecular weight is 262 g/mol. The van der Waals surface area contributed by atoms with Gasteiger partial charge < -0.3 is 15.4 Å². The van der Waals surface area contributed by atoms with E-state index in [0.29, 0.717) is 6.54 Å². The summed E-state index contributed by atoms with van der Waals surface area (Å²) >= 11 is 0. The Morgan fingerprint density at radius 3 is 2.79 bits per heavy atom. The van der Waals surface area contributed by atoms with Gasteiger partial charge in [-0.3, -0.25) is 0 Å². The summed E-state index contributed by atoms with van der Waals surface area (Å²) in [5, 5.41) is 5.80. The molecule has 19 heavy (non-hydrogen) atoms. The average Bonchev–Trinajstić information content (AvgIpc) is 2.92. The Hall–Kier alpha value is -1.55. The van der Waals surface area contributed by atoms with Crippen molar-refractivity contribution >= 4 is 6.03 Å². The van der Waals surface area contributed by atoms with Gasteiger partial charge in [-0.1, -0.05) is 29.8 Å². The third-order valence-corrected chi connectivity index (χ3v) is 3.46. The number of ether oxygens (including phenoxy) is 1. The zero-order valence-electron chi connectivity index (χ0n) is 11.6. The number of carbonyl (C=O) groups is 1. The number of rotatable bonds is 4. The summed E-state index contributed by atoms with van der Waals surface area (Å²) in [5.41, 5.74) is 2.32. The van der Waals surface area contributed by atoms with Crippen LogP contribution in [0.1, 0.15) is 30.9 Å². The van der Waals surface area contributed by atoms with Crippen LogP contribution in [0.15, 0.2) is 24.3 Å². The van der Waals surface area contributed by atoms with Gasteiger partial charge in [0.15, 0.2) is 0 Å². The molecular weight excluding hydrogens is 240 g/mol. The molecule has 104 valence electrons. The van der Waals surface area contributed by atoms with Crippen LogP contribution in [0.3, 0.4) is 0 Å². The van der Waals surface area contributed by atoms with E-state index in [9.17, 15) is 4.79 Å². The molecule has 0 aromatic heterocycles. The molecule has 2 amide bonds. The molecule has 1 aromatic carbocycles. The quantitative estimate of drug-likeness (QED) is 0.875. The minimum absolute atomic E-state index is 0.0560. The monoisotopic (exact) mass is 262 g/mol. The van der Waals surface area contributed by atoms with Gasteiger partial charge in [0.1, 0.15) is 0 Å². The lowest BCUT2D eigenvalue weighted by molar-refractivity contribution is 0.0860. The van der Waals surface area contributed by atoms with Crippen LogP contribution in [0.2, 0.25) is 0 Å². The molecule has 0 saturated carbocycles. The van der Waals surface area contributed by atoms with Crippen molar-refractivity contribution in [1.82, 2.24) is 10.6 Å². The zero-order chi connectivity index (χ0) is 13.7. The molecule has 0 spiro atoms. The highest BCUT2D eigenvalue weighted by atomic mass is 16.5. The lowest BCUT2D eigenvalue weighted by Gasteiger charge is -2.20. The van der Waals surface area contributed by atoms with Crippen molar-refractivity contribution in [2.75, 3.05) is 6.61 Å². The largest absolute Gasteiger partial charge is 0.376 e. The van der Waals surface area contributed by atoms with Crippen LogP contribution in [0, 0.1) is 6.92 Å². The van der Waals surface area contributed by atoms with Gasteiger partial charge in [0.25, 0.3) is 0 Å². The van der Waals surface area contributed by atoms with Crippen molar-refractivity contribution in [3.05, 3.63) is 35.4 Å². The molecule has 2 rings (SSSR count). The van der Waals surface area contributed by atoms with E-state index in [1.807, 2.05) is 38.1 Å². The van der Waals surface area contributed by atoms with E-state index < -0.39 is 0 Å². The molecule has 0 radical (unpaired) electrons. The molecule has 1 saturated heterocycles. The number of benzene rings is 1. The molecule has 4 nitrogen and oxygen atoms in total. The summed E-state index contributed by atoms with van der Waals surface area (Å²) in [5.74, 6) is 0. The van der Waals surface area contributed by atoms with Crippen LogP contribution in [0.4, 0.5) is 4.79 Å². The highest BCUT2D eigenvalue weighted by Crippen LogP contribution is 2.15. The van der Waals surface area contributed by atoms with Gasteiger partial charge in [0.05, 0.1) is 12.1 Å². The summed E-state index contributed by atoms with van der Waals surface area (Å²) in [6.07, 6.45) is 2.27. The molecule has 2 atom stereocenters. The van der Waals surface area contributed by atoms with E-state index in [0.717, 1.165) is 25.0 Å². The molecule has 2 N–H and O–H groups in total. The molecule has 0 unspecified atom stereocenters. The van der Waals surface area contributed by atoms with Crippen LogP contribution in [0.25, 0.3) is 0 Å². The standard InChI is InChI=1S/C15H22N2O2/c1-11-5-7-13(8-6-11)10-16-15(18)17-12(2)14-4-3-9-19-14/h5-8,12,14H,3-4,9-10H2,1-2H3,(H2,16,17,18)/t12-,14-/m1/s1. The summed E-state index contributed by atoms with van der Waals surface area (Å²) in [4.78, 5) is 11.8. The maximum atomic E-state index is 11.8. The van der Waals surface area contributed by atoms with Gasteiger partial charge in [-0.25, -0.2) is 4.79 Å². The van der Waals surface area contributed by atoms with Crippen LogP contribution < -0.4 is 10.6 Å². The lowest BCUT2D eigenvalue weighted by atomic mass is 10.1. The van der Waals surface area contributed by atoms with Crippen molar-refractivity contribution in [3.8, 4) is 0 Å². The van der Waals surface area contributed by atoms with Gasteiger partial charge >= 0.3 is 6.03 Å². The van der Waals surface area contributed by atoms with Gasteiger partial charge in [-0.15, -0.1) is 0 Å². The van der Waals surface area contributed by atoms with Crippen molar-refractivity contribution < 1.29 is 9.53 Å².